The van der Waals surface area contributed by atoms with Crippen molar-refractivity contribution in [2.24, 2.45) is 5.14 Å². The smallest absolute Gasteiger partial charge is 0.410 e. The number of rotatable bonds is 3. The molecule has 0 atom stereocenters. The van der Waals surface area contributed by atoms with Gasteiger partial charge >= 0.3 is 6.09 Å². The van der Waals surface area contributed by atoms with Gasteiger partial charge in [0.15, 0.2) is 0 Å². The average Bonchev–Trinajstić information content (AvgIpc) is 2.53. The maximum absolute atomic E-state index is 12.5. The molecule has 3 N–H and O–H groups in total. The predicted molar refractivity (Wildman–Crippen MR) is 104 cm³/mol. The minimum atomic E-state index is -3.90. The fraction of sp³-hybridized carbons (Fsp3) is 0.529. The van der Waals surface area contributed by atoms with Gasteiger partial charge in [0.1, 0.15) is 5.60 Å². The van der Waals surface area contributed by atoms with Crippen molar-refractivity contribution >= 4 is 38.0 Å². The molecule has 0 saturated carbocycles. The van der Waals surface area contributed by atoms with Gasteiger partial charge in [-0.25, -0.2) is 18.4 Å². The zero-order chi connectivity index (χ0) is 20.4. The van der Waals surface area contributed by atoms with Crippen LogP contribution in [0, 0.1) is 0 Å². The number of sulfonamides is 1. The lowest BCUT2D eigenvalue weighted by molar-refractivity contribution is 0.0199. The third kappa shape index (κ3) is 6.18. The van der Waals surface area contributed by atoms with Gasteiger partial charge in [0.2, 0.25) is 10.0 Å². The maximum atomic E-state index is 12.5. The van der Waals surface area contributed by atoms with Crippen molar-refractivity contribution in [3.63, 3.8) is 0 Å². The molecule has 1 saturated heterocycles. The molecule has 0 unspecified atom stereocenters. The Balaban J connectivity index is 1.98. The van der Waals surface area contributed by atoms with Crippen LogP contribution in [-0.2, 0) is 14.8 Å². The summed E-state index contributed by atoms with van der Waals surface area (Å²) in [5, 5.41) is 8.00. The number of likely N-dealkylation sites (tertiary alicyclic amines) is 1. The number of halogens is 1. The molecule has 0 bridgehead atoms. The van der Waals surface area contributed by atoms with Gasteiger partial charge < -0.3 is 15.0 Å². The fourth-order valence-corrected chi connectivity index (χ4v) is 3.62. The molecule has 10 heteroatoms. The third-order valence-electron chi connectivity index (χ3n) is 3.99. The highest BCUT2D eigenvalue weighted by molar-refractivity contribution is 9.10. The van der Waals surface area contributed by atoms with E-state index < -0.39 is 21.5 Å². The fourth-order valence-electron chi connectivity index (χ4n) is 2.65. The Bertz CT molecular complexity index is 827. The van der Waals surface area contributed by atoms with Crippen LogP contribution in [-0.4, -0.2) is 50.1 Å². The lowest BCUT2D eigenvalue weighted by atomic mass is 10.0. The van der Waals surface area contributed by atoms with Crippen LogP contribution in [0.4, 0.5) is 4.79 Å². The zero-order valence-corrected chi connectivity index (χ0v) is 17.9. The summed E-state index contributed by atoms with van der Waals surface area (Å²) < 4.78 is 28.8. The van der Waals surface area contributed by atoms with Gasteiger partial charge in [-0.15, -0.1) is 0 Å². The summed E-state index contributed by atoms with van der Waals surface area (Å²) in [4.78, 5) is 26.1. The van der Waals surface area contributed by atoms with Gasteiger partial charge in [-0.2, -0.15) is 0 Å². The Kier molecular flexibility index (Phi) is 6.54. The van der Waals surface area contributed by atoms with E-state index in [-0.39, 0.29) is 22.6 Å². The molecular weight excluding hydrogens is 438 g/mol. The Morgan fingerprint density at radius 1 is 1.26 bits per heavy atom. The number of nitrogens with zero attached hydrogens (tertiary/aromatic N) is 1. The van der Waals surface area contributed by atoms with Gasteiger partial charge in [0, 0.05) is 23.6 Å². The molecule has 2 rings (SSSR count). The van der Waals surface area contributed by atoms with Crippen molar-refractivity contribution in [2.45, 2.75) is 50.2 Å². The normalized spacial score (nSPS) is 16.1. The van der Waals surface area contributed by atoms with Crippen LogP contribution in [0.1, 0.15) is 44.0 Å². The highest BCUT2D eigenvalue weighted by Gasteiger charge is 2.28. The number of carbonyl (C=O) groups excluding carboxylic acids is 2. The molecule has 0 aliphatic carbocycles. The summed E-state index contributed by atoms with van der Waals surface area (Å²) >= 11 is 3.25. The Labute approximate surface area is 167 Å². The summed E-state index contributed by atoms with van der Waals surface area (Å²) in [6.45, 7) is 6.37. The molecule has 0 radical (unpaired) electrons. The Hall–Kier alpha value is -1.65. The van der Waals surface area contributed by atoms with Crippen molar-refractivity contribution < 1.29 is 22.7 Å². The first-order chi connectivity index (χ1) is 12.4. The molecule has 1 aromatic carbocycles. The number of nitrogens with one attached hydrogen (secondary N) is 1. The van der Waals surface area contributed by atoms with E-state index in [1.54, 1.807) is 4.90 Å². The van der Waals surface area contributed by atoms with Crippen molar-refractivity contribution in [2.75, 3.05) is 13.1 Å². The Morgan fingerprint density at radius 2 is 1.85 bits per heavy atom. The number of carbonyl (C=O) groups is 2. The van der Waals surface area contributed by atoms with Gasteiger partial charge in [-0.1, -0.05) is 0 Å². The molecular formula is C17H24BrN3O5S. The molecule has 0 spiro atoms. The van der Waals surface area contributed by atoms with E-state index in [1.165, 1.54) is 18.2 Å². The SMILES string of the molecule is CC(C)(C)OC(=O)N1CCC(NC(=O)c2cc(S(N)(=O)=O)ccc2Br)CC1. The lowest BCUT2D eigenvalue weighted by Gasteiger charge is -2.33. The molecule has 1 heterocycles. The largest absolute Gasteiger partial charge is 0.444 e. The highest BCUT2D eigenvalue weighted by atomic mass is 79.9. The number of benzene rings is 1. The summed E-state index contributed by atoms with van der Waals surface area (Å²) in [7, 11) is -3.90. The number of piperidine rings is 1. The van der Waals surface area contributed by atoms with E-state index in [0.717, 1.165) is 0 Å². The van der Waals surface area contributed by atoms with Gasteiger partial charge in [-0.05, 0) is 67.7 Å². The van der Waals surface area contributed by atoms with E-state index in [2.05, 4.69) is 21.2 Å². The summed E-state index contributed by atoms with van der Waals surface area (Å²) in [5.41, 5.74) is -0.362. The number of amides is 2. The average molecular weight is 462 g/mol. The standard InChI is InChI=1S/C17H24BrN3O5S/c1-17(2,3)26-16(23)21-8-6-11(7-9-21)20-15(22)13-10-12(27(19,24)25)4-5-14(13)18/h4-5,10-11H,6-9H2,1-3H3,(H,20,22)(H2,19,24,25). The quantitative estimate of drug-likeness (QED) is 0.714. The molecule has 27 heavy (non-hydrogen) atoms. The van der Waals surface area contributed by atoms with Crippen molar-refractivity contribution in [1.82, 2.24) is 10.2 Å². The molecule has 1 aliphatic rings. The minimum Gasteiger partial charge on any atom is -0.444 e. The number of ether oxygens (including phenoxy) is 1. The van der Waals surface area contributed by atoms with Gasteiger partial charge in [-0.3, -0.25) is 4.79 Å². The second-order valence-corrected chi connectivity index (χ2v) is 9.82. The van der Waals surface area contributed by atoms with Crippen LogP contribution < -0.4 is 10.5 Å². The maximum Gasteiger partial charge on any atom is 0.410 e. The predicted octanol–water partition coefficient (Wildman–Crippen LogP) is 2.23. The first-order valence-electron chi connectivity index (χ1n) is 8.48. The second-order valence-electron chi connectivity index (χ2n) is 7.40. The number of primary sulfonamides is 1. The van der Waals surface area contributed by atoms with Crippen LogP contribution in [0.15, 0.2) is 27.6 Å². The van der Waals surface area contributed by atoms with E-state index in [1.807, 2.05) is 20.8 Å². The monoisotopic (exact) mass is 461 g/mol. The molecule has 8 nitrogen and oxygen atoms in total. The Morgan fingerprint density at radius 3 is 2.37 bits per heavy atom. The summed E-state index contributed by atoms with van der Waals surface area (Å²) in [5.74, 6) is -0.400. The molecule has 0 aromatic heterocycles. The third-order valence-corrected chi connectivity index (χ3v) is 5.60. The lowest BCUT2D eigenvalue weighted by Crippen LogP contribution is -2.47. The highest BCUT2D eigenvalue weighted by Crippen LogP contribution is 2.22. The van der Waals surface area contributed by atoms with Gasteiger partial charge in [0.05, 0.1) is 10.5 Å². The van der Waals surface area contributed by atoms with Crippen LogP contribution in [0.2, 0.25) is 0 Å². The van der Waals surface area contributed by atoms with E-state index >= 15 is 0 Å². The van der Waals surface area contributed by atoms with Gasteiger partial charge in [0.25, 0.3) is 5.91 Å². The number of nitrogens with two attached hydrogens (primary N) is 1. The molecule has 2 amide bonds. The second kappa shape index (κ2) is 8.15. The number of hydrogen-bond acceptors (Lipinski definition) is 5. The zero-order valence-electron chi connectivity index (χ0n) is 15.5. The molecule has 1 fully saturated rings. The molecule has 1 aromatic rings. The van der Waals surface area contributed by atoms with Crippen molar-refractivity contribution in [3.05, 3.63) is 28.2 Å². The van der Waals surface area contributed by atoms with Crippen LogP contribution in [0.3, 0.4) is 0 Å². The summed E-state index contributed by atoms with van der Waals surface area (Å²) in [6.07, 6.45) is 0.797. The molecule has 1 aliphatic heterocycles. The van der Waals surface area contributed by atoms with Crippen LogP contribution in [0.5, 0.6) is 0 Å². The van der Waals surface area contributed by atoms with E-state index in [9.17, 15) is 18.0 Å². The van der Waals surface area contributed by atoms with Crippen LogP contribution in [0.25, 0.3) is 0 Å². The van der Waals surface area contributed by atoms with Crippen LogP contribution >= 0.6 is 15.9 Å². The topological polar surface area (TPSA) is 119 Å². The first kappa shape index (κ1) is 21.6. The van der Waals surface area contributed by atoms with Crippen molar-refractivity contribution in [3.8, 4) is 0 Å². The van der Waals surface area contributed by atoms with E-state index in [4.69, 9.17) is 9.88 Å². The van der Waals surface area contributed by atoms with Crippen molar-refractivity contribution in [1.29, 1.82) is 0 Å². The molecule has 150 valence electrons. The van der Waals surface area contributed by atoms with E-state index in [0.29, 0.717) is 30.4 Å². The first-order valence-corrected chi connectivity index (χ1v) is 10.8. The minimum absolute atomic E-state index is 0.124. The number of hydrogen-bond donors (Lipinski definition) is 2. The summed E-state index contributed by atoms with van der Waals surface area (Å²) in [6, 6.07) is 3.92.